The first-order valence-electron chi connectivity index (χ1n) is 8.58. The second-order valence-corrected chi connectivity index (χ2v) is 6.08. The number of alkyl halides is 10. The zero-order valence-corrected chi connectivity index (χ0v) is 15.7. The van der Waals surface area contributed by atoms with Crippen LogP contribution in [0.4, 0.5) is 43.9 Å². The van der Waals surface area contributed by atoms with E-state index in [1.165, 1.54) is 24.5 Å². The van der Waals surface area contributed by atoms with Gasteiger partial charge in [0, 0.05) is 13.1 Å². The van der Waals surface area contributed by atoms with Crippen LogP contribution in [0.15, 0.2) is 0 Å². The normalized spacial score (nSPS) is 15.5. The maximum atomic E-state index is 14.1. The molecule has 30 heavy (non-hydrogen) atoms. The maximum Gasteiger partial charge on any atom is 0.458 e. The van der Waals surface area contributed by atoms with Crippen molar-refractivity contribution in [3.63, 3.8) is 0 Å². The number of hydrogen-bond acceptors (Lipinski definition) is 3. The summed E-state index contributed by atoms with van der Waals surface area (Å²) in [7, 11) is 0. The fourth-order valence-corrected chi connectivity index (χ4v) is 1.78. The molecule has 178 valence electrons. The van der Waals surface area contributed by atoms with E-state index in [1.54, 1.807) is 0 Å². The highest BCUT2D eigenvalue weighted by atomic mass is 19.4. The van der Waals surface area contributed by atoms with Crippen LogP contribution >= 0.6 is 0 Å². The van der Waals surface area contributed by atoms with Gasteiger partial charge in [0.25, 0.3) is 11.8 Å². The second kappa shape index (κ2) is 10.0. The minimum absolute atomic E-state index is 0.0140. The minimum atomic E-state index is -6.96. The Balaban J connectivity index is 5.86. The Morgan fingerprint density at radius 2 is 1.13 bits per heavy atom. The van der Waals surface area contributed by atoms with Crippen LogP contribution in [0.3, 0.4) is 0 Å². The van der Waals surface area contributed by atoms with Crippen molar-refractivity contribution in [3.05, 3.63) is 0 Å². The molecule has 0 saturated carbocycles. The molecule has 2 amide bonds. The fourth-order valence-electron chi connectivity index (χ4n) is 1.78. The predicted octanol–water partition coefficient (Wildman–Crippen LogP) is 3.93. The van der Waals surface area contributed by atoms with E-state index in [9.17, 15) is 53.5 Å². The van der Waals surface area contributed by atoms with Crippen molar-refractivity contribution in [2.75, 3.05) is 13.1 Å². The molecule has 0 aromatic carbocycles. The summed E-state index contributed by atoms with van der Waals surface area (Å²) in [6, 6.07) is 0. The lowest BCUT2D eigenvalue weighted by Gasteiger charge is -2.35. The van der Waals surface area contributed by atoms with E-state index in [0.29, 0.717) is 0 Å². The molecule has 0 fully saturated rings. The van der Waals surface area contributed by atoms with E-state index < -0.39 is 54.9 Å². The van der Waals surface area contributed by atoms with Crippen LogP contribution in [0, 0.1) is 0 Å². The number of unbranched alkanes of at least 4 members (excludes halogenated alkanes) is 2. The highest BCUT2D eigenvalue weighted by Crippen LogP contribution is 2.50. The standard InChI is InChI=1S/C15H20F10N2O3/c1-3-5-7-26-9(28)11(16,17)13(19,20)15(24,25)30-12(18,14(21,22)23)10(29)27-8-6-4-2/h3-8H2,1-2H3,(H,26,28)(H,27,29)/t12-/m0/s1. The van der Waals surface area contributed by atoms with Crippen LogP contribution in [0.5, 0.6) is 0 Å². The molecule has 1 atom stereocenters. The summed E-state index contributed by atoms with van der Waals surface area (Å²) in [5, 5.41) is 2.40. The van der Waals surface area contributed by atoms with E-state index >= 15 is 0 Å². The maximum absolute atomic E-state index is 14.1. The summed E-state index contributed by atoms with van der Waals surface area (Å²) in [4.78, 5) is 22.6. The summed E-state index contributed by atoms with van der Waals surface area (Å²) >= 11 is 0. The number of hydrogen-bond donors (Lipinski definition) is 2. The van der Waals surface area contributed by atoms with Crippen molar-refractivity contribution in [1.82, 2.24) is 10.6 Å². The number of ether oxygens (including phenoxy) is 1. The highest BCUT2D eigenvalue weighted by molar-refractivity contribution is 5.85. The molecule has 2 N–H and O–H groups in total. The van der Waals surface area contributed by atoms with Gasteiger partial charge in [0.2, 0.25) is 0 Å². The lowest BCUT2D eigenvalue weighted by atomic mass is 10.1. The number of halogens is 10. The Kier molecular flexibility index (Phi) is 9.40. The van der Waals surface area contributed by atoms with Crippen molar-refractivity contribution >= 4 is 11.8 Å². The van der Waals surface area contributed by atoms with Gasteiger partial charge in [-0.15, -0.1) is 0 Å². The van der Waals surface area contributed by atoms with Gasteiger partial charge in [0.1, 0.15) is 0 Å². The number of carbonyl (C=O) groups is 2. The molecule has 0 aromatic rings. The Morgan fingerprint density at radius 1 is 0.733 bits per heavy atom. The van der Waals surface area contributed by atoms with Gasteiger partial charge in [-0.1, -0.05) is 26.7 Å². The van der Waals surface area contributed by atoms with E-state index in [0.717, 1.165) is 0 Å². The third-order valence-electron chi connectivity index (χ3n) is 3.60. The molecule has 5 nitrogen and oxygen atoms in total. The SMILES string of the molecule is CCCCNC(=O)C(F)(F)C(F)(F)C(F)(F)O[C@@](F)(C(=O)NCCCC)C(F)(F)F. The van der Waals surface area contributed by atoms with Crippen molar-refractivity contribution in [2.24, 2.45) is 0 Å². The van der Waals surface area contributed by atoms with Gasteiger partial charge in [-0.3, -0.25) is 14.3 Å². The first-order chi connectivity index (χ1) is 13.4. The molecule has 0 radical (unpaired) electrons. The molecule has 0 heterocycles. The van der Waals surface area contributed by atoms with Crippen molar-refractivity contribution in [1.29, 1.82) is 0 Å². The van der Waals surface area contributed by atoms with E-state index in [2.05, 4.69) is 4.74 Å². The molecule has 0 spiro atoms. The number of nitrogens with one attached hydrogen (secondary N) is 2. The lowest BCUT2D eigenvalue weighted by Crippen LogP contribution is -2.66. The van der Waals surface area contributed by atoms with Gasteiger partial charge < -0.3 is 10.6 Å². The van der Waals surface area contributed by atoms with Crippen LogP contribution in [-0.4, -0.2) is 54.9 Å². The van der Waals surface area contributed by atoms with Crippen LogP contribution in [0.2, 0.25) is 0 Å². The first-order valence-corrected chi connectivity index (χ1v) is 8.58. The topological polar surface area (TPSA) is 67.4 Å². The van der Waals surface area contributed by atoms with Crippen LogP contribution in [-0.2, 0) is 14.3 Å². The summed E-state index contributed by atoms with van der Waals surface area (Å²) in [5.41, 5.74) is 0. The molecule has 0 aliphatic rings. The highest BCUT2D eigenvalue weighted by Gasteiger charge is 2.80. The average Bonchev–Trinajstić information content (AvgIpc) is 2.60. The summed E-state index contributed by atoms with van der Waals surface area (Å²) < 4.78 is 137. The molecule has 0 rings (SSSR count). The van der Waals surface area contributed by atoms with Crippen molar-refractivity contribution in [2.45, 2.75) is 69.5 Å². The quantitative estimate of drug-likeness (QED) is 0.339. The van der Waals surface area contributed by atoms with Gasteiger partial charge in [0.05, 0.1) is 0 Å². The lowest BCUT2D eigenvalue weighted by molar-refractivity contribution is -0.455. The Hall–Kier alpha value is -1.80. The van der Waals surface area contributed by atoms with E-state index in [4.69, 9.17) is 0 Å². The van der Waals surface area contributed by atoms with E-state index in [1.807, 2.05) is 0 Å². The molecular formula is C15H20F10N2O3. The molecule has 0 aromatic heterocycles. The fraction of sp³-hybridized carbons (Fsp3) is 0.867. The monoisotopic (exact) mass is 466 g/mol. The molecule has 0 bridgehead atoms. The van der Waals surface area contributed by atoms with Crippen molar-refractivity contribution in [3.8, 4) is 0 Å². The molecular weight excluding hydrogens is 446 g/mol. The number of rotatable bonds is 12. The average molecular weight is 466 g/mol. The second-order valence-electron chi connectivity index (χ2n) is 6.08. The zero-order chi connectivity index (χ0) is 24.0. The third-order valence-corrected chi connectivity index (χ3v) is 3.60. The molecule has 0 unspecified atom stereocenters. The Bertz CT molecular complexity index is 598. The zero-order valence-electron chi connectivity index (χ0n) is 15.7. The van der Waals surface area contributed by atoms with Crippen LogP contribution in [0.25, 0.3) is 0 Å². The largest absolute Gasteiger partial charge is 0.458 e. The van der Waals surface area contributed by atoms with Gasteiger partial charge >= 0.3 is 30.0 Å². The van der Waals surface area contributed by atoms with Crippen molar-refractivity contribution < 1.29 is 58.2 Å². The van der Waals surface area contributed by atoms with Gasteiger partial charge in [-0.05, 0) is 12.8 Å². The van der Waals surface area contributed by atoms with Gasteiger partial charge in [-0.2, -0.15) is 43.9 Å². The number of amides is 2. The minimum Gasteiger partial charge on any atom is -0.351 e. The summed E-state index contributed by atoms with van der Waals surface area (Å²) in [6.07, 6.45) is -13.1. The molecule has 15 heteroatoms. The summed E-state index contributed by atoms with van der Waals surface area (Å²) in [5.74, 6) is -25.3. The number of carbonyl (C=O) groups excluding carboxylic acids is 2. The molecule has 0 aliphatic heterocycles. The molecule has 0 aliphatic carbocycles. The van der Waals surface area contributed by atoms with Gasteiger partial charge in [-0.25, -0.2) is 0 Å². The van der Waals surface area contributed by atoms with Crippen LogP contribution in [0.1, 0.15) is 39.5 Å². The van der Waals surface area contributed by atoms with E-state index in [-0.39, 0.29) is 25.7 Å². The molecule has 0 saturated heterocycles. The smallest absolute Gasteiger partial charge is 0.351 e. The van der Waals surface area contributed by atoms with Crippen LogP contribution < -0.4 is 10.6 Å². The summed E-state index contributed by atoms with van der Waals surface area (Å²) in [6.45, 7) is 1.67. The predicted molar refractivity (Wildman–Crippen MR) is 81.7 cm³/mol. The third kappa shape index (κ3) is 5.88. The first kappa shape index (κ1) is 28.2. The van der Waals surface area contributed by atoms with Gasteiger partial charge in [0.15, 0.2) is 0 Å². The Labute approximate surface area is 164 Å². The Morgan fingerprint density at radius 3 is 1.50 bits per heavy atom.